The van der Waals surface area contributed by atoms with Crippen molar-refractivity contribution in [2.75, 3.05) is 6.54 Å². The van der Waals surface area contributed by atoms with Crippen LogP contribution in [0.5, 0.6) is 5.75 Å². The standard InChI is InChI=1S/C22H23ClN2O3S/c23-20-8-11-22(28-16-18-4-2-1-3-5-18)19(14-20)15-25-13-12-17-6-9-21(10-7-17)29(24,26)27/h1-11,14,25H,12-13,15-16H2,(H2,24,26,27). The van der Waals surface area contributed by atoms with Crippen LogP contribution in [0, 0.1) is 0 Å². The van der Waals surface area contributed by atoms with Gasteiger partial charge in [0.05, 0.1) is 4.90 Å². The first-order valence-corrected chi connectivity index (χ1v) is 11.1. The van der Waals surface area contributed by atoms with E-state index < -0.39 is 10.0 Å². The third-order valence-corrected chi connectivity index (χ3v) is 5.58. The molecule has 152 valence electrons. The minimum atomic E-state index is -3.66. The molecule has 0 aromatic heterocycles. The van der Waals surface area contributed by atoms with E-state index in [0.29, 0.717) is 18.2 Å². The second-order valence-corrected chi connectivity index (χ2v) is 8.64. The molecular formula is C22H23ClN2O3S. The van der Waals surface area contributed by atoms with Gasteiger partial charge in [-0.05, 0) is 54.4 Å². The maximum absolute atomic E-state index is 11.3. The van der Waals surface area contributed by atoms with E-state index in [4.69, 9.17) is 21.5 Å². The zero-order valence-electron chi connectivity index (χ0n) is 15.8. The average Bonchev–Trinajstić information content (AvgIpc) is 2.71. The maximum atomic E-state index is 11.3. The van der Waals surface area contributed by atoms with Crippen LogP contribution in [-0.4, -0.2) is 15.0 Å². The highest BCUT2D eigenvalue weighted by molar-refractivity contribution is 7.89. The highest BCUT2D eigenvalue weighted by Gasteiger charge is 2.08. The fourth-order valence-electron chi connectivity index (χ4n) is 2.86. The smallest absolute Gasteiger partial charge is 0.238 e. The summed E-state index contributed by atoms with van der Waals surface area (Å²) in [5.74, 6) is 0.795. The first-order chi connectivity index (χ1) is 13.9. The van der Waals surface area contributed by atoms with E-state index in [-0.39, 0.29) is 4.90 Å². The summed E-state index contributed by atoms with van der Waals surface area (Å²) in [6, 6.07) is 22.2. The van der Waals surface area contributed by atoms with Gasteiger partial charge in [-0.1, -0.05) is 54.1 Å². The van der Waals surface area contributed by atoms with E-state index >= 15 is 0 Å². The summed E-state index contributed by atoms with van der Waals surface area (Å²) in [6.07, 6.45) is 0.756. The molecule has 0 amide bonds. The van der Waals surface area contributed by atoms with Crippen molar-refractivity contribution in [2.24, 2.45) is 5.14 Å². The molecule has 3 aromatic carbocycles. The predicted octanol–water partition coefficient (Wildman–Crippen LogP) is 3.90. The summed E-state index contributed by atoms with van der Waals surface area (Å²) >= 11 is 6.15. The van der Waals surface area contributed by atoms with Gasteiger partial charge in [0.25, 0.3) is 0 Å². The van der Waals surface area contributed by atoms with Gasteiger partial charge in [-0.25, -0.2) is 13.6 Å². The normalized spacial score (nSPS) is 11.4. The molecule has 3 rings (SSSR count). The second kappa shape index (κ2) is 9.89. The van der Waals surface area contributed by atoms with Gasteiger partial charge in [-0.3, -0.25) is 0 Å². The SMILES string of the molecule is NS(=O)(=O)c1ccc(CCNCc2cc(Cl)ccc2OCc2ccccc2)cc1. The Balaban J connectivity index is 1.54. The lowest BCUT2D eigenvalue weighted by Gasteiger charge is -2.13. The van der Waals surface area contributed by atoms with Crippen molar-refractivity contribution in [3.63, 3.8) is 0 Å². The molecule has 3 N–H and O–H groups in total. The Morgan fingerprint density at radius 1 is 0.931 bits per heavy atom. The van der Waals surface area contributed by atoms with Crippen molar-refractivity contribution in [3.8, 4) is 5.75 Å². The molecule has 29 heavy (non-hydrogen) atoms. The van der Waals surface area contributed by atoms with Gasteiger partial charge >= 0.3 is 0 Å². The van der Waals surface area contributed by atoms with Crippen LogP contribution in [0.4, 0.5) is 0 Å². The Bertz CT molecular complexity index is 1040. The van der Waals surface area contributed by atoms with Crippen LogP contribution >= 0.6 is 11.6 Å². The van der Waals surface area contributed by atoms with Gasteiger partial charge in [0.1, 0.15) is 12.4 Å². The van der Waals surface area contributed by atoms with E-state index in [1.807, 2.05) is 48.5 Å². The Morgan fingerprint density at radius 3 is 2.34 bits per heavy atom. The van der Waals surface area contributed by atoms with Crippen LogP contribution in [0.25, 0.3) is 0 Å². The Kier molecular flexibility index (Phi) is 7.28. The minimum Gasteiger partial charge on any atom is -0.489 e. The number of benzene rings is 3. The molecule has 7 heteroatoms. The zero-order valence-corrected chi connectivity index (χ0v) is 17.4. The molecule has 0 saturated carbocycles. The molecule has 0 bridgehead atoms. The Labute approximate surface area is 176 Å². The Hall–Kier alpha value is -2.38. The first-order valence-electron chi connectivity index (χ1n) is 9.19. The average molecular weight is 431 g/mol. The summed E-state index contributed by atoms with van der Waals surface area (Å²) in [6.45, 7) is 1.82. The van der Waals surface area contributed by atoms with E-state index in [1.54, 1.807) is 12.1 Å². The van der Waals surface area contributed by atoms with Crippen LogP contribution < -0.4 is 15.2 Å². The summed E-state index contributed by atoms with van der Waals surface area (Å²) in [4.78, 5) is 0.119. The minimum absolute atomic E-state index is 0.119. The number of hydrogen-bond donors (Lipinski definition) is 2. The monoisotopic (exact) mass is 430 g/mol. The summed E-state index contributed by atoms with van der Waals surface area (Å²) < 4.78 is 28.6. The van der Waals surface area contributed by atoms with Gasteiger partial charge in [0.15, 0.2) is 0 Å². The van der Waals surface area contributed by atoms with Gasteiger partial charge < -0.3 is 10.1 Å². The summed E-state index contributed by atoms with van der Waals surface area (Å²) in [5.41, 5.74) is 3.11. The lowest BCUT2D eigenvalue weighted by molar-refractivity contribution is 0.302. The third-order valence-electron chi connectivity index (χ3n) is 4.42. The molecule has 3 aromatic rings. The van der Waals surface area contributed by atoms with Crippen molar-refractivity contribution >= 4 is 21.6 Å². The lowest BCUT2D eigenvalue weighted by Crippen LogP contribution is -2.17. The van der Waals surface area contributed by atoms with E-state index in [1.165, 1.54) is 12.1 Å². The predicted molar refractivity (Wildman–Crippen MR) is 115 cm³/mol. The number of halogens is 1. The van der Waals surface area contributed by atoms with Crippen LogP contribution in [0.3, 0.4) is 0 Å². The van der Waals surface area contributed by atoms with Crippen LogP contribution in [0.15, 0.2) is 77.7 Å². The van der Waals surface area contributed by atoms with E-state index in [0.717, 1.165) is 35.4 Å². The number of nitrogens with one attached hydrogen (secondary N) is 1. The number of sulfonamides is 1. The van der Waals surface area contributed by atoms with Crippen LogP contribution in [-0.2, 0) is 29.6 Å². The van der Waals surface area contributed by atoms with E-state index in [9.17, 15) is 8.42 Å². The molecule has 0 fully saturated rings. The molecule has 0 aliphatic rings. The van der Waals surface area contributed by atoms with Gasteiger partial charge in [0.2, 0.25) is 10.0 Å². The maximum Gasteiger partial charge on any atom is 0.238 e. The number of hydrogen-bond acceptors (Lipinski definition) is 4. The number of rotatable bonds is 9. The van der Waals surface area contributed by atoms with Crippen LogP contribution in [0.2, 0.25) is 5.02 Å². The lowest BCUT2D eigenvalue weighted by atomic mass is 10.1. The summed E-state index contributed by atoms with van der Waals surface area (Å²) in [7, 11) is -3.66. The molecular weight excluding hydrogens is 408 g/mol. The van der Waals surface area contributed by atoms with Crippen molar-refractivity contribution in [3.05, 3.63) is 94.5 Å². The van der Waals surface area contributed by atoms with Crippen molar-refractivity contribution in [1.82, 2.24) is 5.32 Å². The van der Waals surface area contributed by atoms with Gasteiger partial charge in [-0.2, -0.15) is 0 Å². The highest BCUT2D eigenvalue weighted by atomic mass is 35.5. The molecule has 0 aliphatic heterocycles. The van der Waals surface area contributed by atoms with Gasteiger partial charge in [-0.15, -0.1) is 0 Å². The zero-order chi connectivity index (χ0) is 20.7. The fourth-order valence-corrected chi connectivity index (χ4v) is 3.57. The summed E-state index contributed by atoms with van der Waals surface area (Å²) in [5, 5.41) is 9.16. The highest BCUT2D eigenvalue weighted by Crippen LogP contribution is 2.24. The molecule has 0 saturated heterocycles. The molecule has 0 heterocycles. The quantitative estimate of drug-likeness (QED) is 0.504. The van der Waals surface area contributed by atoms with Crippen molar-refractivity contribution in [1.29, 1.82) is 0 Å². The number of nitrogens with two attached hydrogens (primary N) is 1. The molecule has 0 spiro atoms. The molecule has 5 nitrogen and oxygen atoms in total. The Morgan fingerprint density at radius 2 is 1.66 bits per heavy atom. The van der Waals surface area contributed by atoms with E-state index in [2.05, 4.69) is 5.32 Å². The van der Waals surface area contributed by atoms with Crippen molar-refractivity contribution in [2.45, 2.75) is 24.5 Å². The largest absolute Gasteiger partial charge is 0.489 e. The molecule has 0 aliphatic carbocycles. The molecule has 0 atom stereocenters. The second-order valence-electron chi connectivity index (χ2n) is 6.64. The fraction of sp³-hybridized carbons (Fsp3) is 0.182. The third kappa shape index (κ3) is 6.58. The van der Waals surface area contributed by atoms with Crippen LogP contribution in [0.1, 0.15) is 16.7 Å². The molecule has 0 radical (unpaired) electrons. The number of primary sulfonamides is 1. The topological polar surface area (TPSA) is 81.4 Å². The number of ether oxygens (including phenoxy) is 1. The molecule has 0 unspecified atom stereocenters. The van der Waals surface area contributed by atoms with Crippen molar-refractivity contribution < 1.29 is 13.2 Å². The van der Waals surface area contributed by atoms with Gasteiger partial charge in [0, 0.05) is 17.1 Å². The first kappa shape index (κ1) is 21.3.